The van der Waals surface area contributed by atoms with Crippen LogP contribution in [-0.4, -0.2) is 14.2 Å². The van der Waals surface area contributed by atoms with Crippen LogP contribution in [0, 0.1) is 0 Å². The van der Waals surface area contributed by atoms with E-state index < -0.39 is 10.0 Å². The van der Waals surface area contributed by atoms with Crippen molar-refractivity contribution in [2.75, 3.05) is 5.75 Å². The first-order valence-electron chi connectivity index (χ1n) is 4.32. The van der Waals surface area contributed by atoms with E-state index in [1.54, 1.807) is 25.1 Å². The maximum atomic E-state index is 13.3. The average molecular weight is 217 g/mol. The van der Waals surface area contributed by atoms with Crippen LogP contribution in [-0.2, 0) is 10.0 Å². The third-order valence-electron chi connectivity index (χ3n) is 1.67. The largest absolute Gasteiger partial charge is 0.387 e. The van der Waals surface area contributed by atoms with E-state index in [9.17, 15) is 12.9 Å². The molecule has 0 amide bonds. The van der Waals surface area contributed by atoms with E-state index in [1.807, 2.05) is 0 Å². The molecule has 14 heavy (non-hydrogen) atoms. The predicted octanol–water partition coefficient (Wildman–Crippen LogP) is 2.08. The van der Waals surface area contributed by atoms with E-state index in [0.29, 0.717) is 6.42 Å². The Morgan fingerprint density at radius 1 is 1.29 bits per heavy atom. The number of para-hydroxylation sites is 1. The number of hydrogen-bond donors (Lipinski definition) is 0. The van der Waals surface area contributed by atoms with Crippen LogP contribution >= 0.6 is 0 Å². The molecule has 0 fully saturated rings. The summed E-state index contributed by atoms with van der Waals surface area (Å²) in [6.45, 7) is 1.69. The molecule has 0 saturated carbocycles. The zero-order chi connectivity index (χ0) is 10.6. The summed E-state index contributed by atoms with van der Waals surface area (Å²) in [5.41, 5.74) is 0.0425. The van der Waals surface area contributed by atoms with Gasteiger partial charge in [0.25, 0.3) is 0 Å². The van der Waals surface area contributed by atoms with Crippen molar-refractivity contribution >= 4 is 15.7 Å². The Hall–Kier alpha value is -0.940. The summed E-state index contributed by atoms with van der Waals surface area (Å²) in [6.07, 6.45) is 0.398. The molecule has 0 atom stereocenters. The van der Waals surface area contributed by atoms with Crippen molar-refractivity contribution in [1.82, 2.24) is 4.53 Å². The molecule has 0 aromatic heterocycles. The molecule has 0 saturated heterocycles. The number of nitrogens with zero attached hydrogens (tertiary/aromatic N) is 1. The van der Waals surface area contributed by atoms with Crippen LogP contribution in [0.3, 0.4) is 0 Å². The van der Waals surface area contributed by atoms with Gasteiger partial charge in [-0.2, -0.15) is 8.42 Å². The Morgan fingerprint density at radius 2 is 1.86 bits per heavy atom. The standard InChI is InChI=1S/C9H12FNO2S/c1-2-8-14(12,13)11(10)9-6-4-3-5-7-9/h3-7H,2,8H2,1H3/q+1. The molecule has 0 aliphatic heterocycles. The number of hydrogen-bond acceptors (Lipinski definition) is 2. The third kappa shape index (κ3) is 2.52. The van der Waals surface area contributed by atoms with Crippen molar-refractivity contribution in [3.8, 4) is 0 Å². The second-order valence-corrected chi connectivity index (χ2v) is 4.76. The van der Waals surface area contributed by atoms with Crippen LogP contribution in [0.15, 0.2) is 30.3 Å². The van der Waals surface area contributed by atoms with Crippen molar-refractivity contribution in [3.05, 3.63) is 30.3 Å². The Balaban J connectivity index is 2.91. The first-order valence-corrected chi connectivity index (χ1v) is 5.92. The molecule has 3 nitrogen and oxygen atoms in total. The molecule has 1 radical (unpaired) electrons. The minimum Gasteiger partial charge on any atom is -0.164 e. The van der Waals surface area contributed by atoms with Gasteiger partial charge in [0.2, 0.25) is 10.2 Å². The molecular weight excluding hydrogens is 205 g/mol. The average Bonchev–Trinajstić information content (AvgIpc) is 2.18. The quantitative estimate of drug-likeness (QED) is 0.724. The van der Waals surface area contributed by atoms with Crippen molar-refractivity contribution in [1.29, 1.82) is 0 Å². The van der Waals surface area contributed by atoms with Crippen molar-refractivity contribution < 1.29 is 12.9 Å². The van der Waals surface area contributed by atoms with Crippen LogP contribution in [0.2, 0.25) is 0 Å². The molecule has 0 spiro atoms. The van der Waals surface area contributed by atoms with Crippen molar-refractivity contribution in [3.63, 3.8) is 0 Å². The maximum absolute atomic E-state index is 13.3. The van der Waals surface area contributed by atoms with Gasteiger partial charge in [0, 0.05) is 12.1 Å². The summed E-state index contributed by atoms with van der Waals surface area (Å²) in [6, 6.07) is 7.69. The second-order valence-electron chi connectivity index (χ2n) is 2.87. The van der Waals surface area contributed by atoms with Gasteiger partial charge in [-0.25, -0.2) is 0 Å². The summed E-state index contributed by atoms with van der Waals surface area (Å²) in [4.78, 5) is 0. The van der Waals surface area contributed by atoms with E-state index in [1.165, 1.54) is 12.1 Å². The zero-order valence-corrected chi connectivity index (χ0v) is 8.67. The molecular formula is C9H12FNO2S+. The highest BCUT2D eigenvalue weighted by Crippen LogP contribution is 2.17. The van der Waals surface area contributed by atoms with Gasteiger partial charge in [-0.15, -0.1) is 0 Å². The summed E-state index contributed by atoms with van der Waals surface area (Å²) < 4.78 is 35.7. The lowest BCUT2D eigenvalue weighted by Crippen LogP contribution is -2.25. The van der Waals surface area contributed by atoms with Crippen molar-refractivity contribution in [2.45, 2.75) is 13.3 Å². The SMILES string of the molecule is CCCS(=O)(=O)[N+](F)c1ccccc1. The highest BCUT2D eigenvalue weighted by Gasteiger charge is 2.36. The Labute approximate surface area is 83.1 Å². The van der Waals surface area contributed by atoms with Gasteiger partial charge in [-0.05, 0) is 6.42 Å². The van der Waals surface area contributed by atoms with Gasteiger partial charge in [-0.3, -0.25) is 0 Å². The Bertz CT molecular complexity index is 377. The number of rotatable bonds is 4. The lowest BCUT2D eigenvalue weighted by molar-refractivity contribution is 0.323. The highest BCUT2D eigenvalue weighted by atomic mass is 32.2. The van der Waals surface area contributed by atoms with Gasteiger partial charge in [0.15, 0.2) is 0 Å². The minimum atomic E-state index is -3.80. The lowest BCUT2D eigenvalue weighted by Gasteiger charge is -1.97. The van der Waals surface area contributed by atoms with E-state index in [-0.39, 0.29) is 16.0 Å². The molecule has 0 aliphatic carbocycles. The maximum Gasteiger partial charge on any atom is 0.387 e. The fraction of sp³-hybridized carbons (Fsp3) is 0.333. The van der Waals surface area contributed by atoms with Gasteiger partial charge < -0.3 is 0 Å². The van der Waals surface area contributed by atoms with Gasteiger partial charge in [0.05, 0.1) is 4.48 Å². The normalized spacial score (nSPS) is 11.9. The highest BCUT2D eigenvalue weighted by molar-refractivity contribution is 7.90. The molecule has 1 aromatic carbocycles. The summed E-state index contributed by atoms with van der Waals surface area (Å²) in [7, 11) is -3.80. The summed E-state index contributed by atoms with van der Waals surface area (Å²) in [5, 5.41) is 0. The van der Waals surface area contributed by atoms with E-state index in [0.717, 1.165) is 0 Å². The molecule has 0 heterocycles. The Morgan fingerprint density at radius 3 is 2.36 bits per heavy atom. The first-order chi connectivity index (χ1) is 6.58. The number of anilines is 1. The predicted molar refractivity (Wildman–Crippen MR) is 53.4 cm³/mol. The number of halogens is 1. The fourth-order valence-corrected chi connectivity index (χ4v) is 2.16. The Kier molecular flexibility index (Phi) is 3.60. The molecule has 1 rings (SSSR count). The van der Waals surface area contributed by atoms with Crippen molar-refractivity contribution in [2.24, 2.45) is 0 Å². The van der Waals surface area contributed by atoms with Gasteiger partial charge in [-0.1, -0.05) is 25.1 Å². The third-order valence-corrected chi connectivity index (χ3v) is 3.29. The molecule has 0 N–H and O–H groups in total. The van der Waals surface area contributed by atoms with E-state index >= 15 is 0 Å². The van der Waals surface area contributed by atoms with Gasteiger partial charge >= 0.3 is 10.0 Å². The molecule has 0 unspecified atom stereocenters. The summed E-state index contributed by atoms with van der Waals surface area (Å²) >= 11 is 0. The fourth-order valence-electron chi connectivity index (χ4n) is 1.04. The topological polar surface area (TPSA) is 40.0 Å². The second kappa shape index (κ2) is 4.52. The monoisotopic (exact) mass is 217 g/mol. The molecule has 0 bridgehead atoms. The smallest absolute Gasteiger partial charge is 0.164 e. The molecule has 5 heteroatoms. The van der Waals surface area contributed by atoms with Crippen LogP contribution < -0.4 is 4.53 Å². The first kappa shape index (κ1) is 11.1. The van der Waals surface area contributed by atoms with Crippen LogP contribution in [0.5, 0.6) is 0 Å². The minimum absolute atomic E-state index is 0.0425. The lowest BCUT2D eigenvalue weighted by atomic mass is 10.3. The van der Waals surface area contributed by atoms with Crippen LogP contribution in [0.4, 0.5) is 10.2 Å². The van der Waals surface area contributed by atoms with Crippen LogP contribution in [0.25, 0.3) is 0 Å². The van der Waals surface area contributed by atoms with Gasteiger partial charge in [0.1, 0.15) is 5.75 Å². The summed E-state index contributed by atoms with van der Waals surface area (Å²) in [5.74, 6) is -0.182. The molecule has 0 aliphatic rings. The number of sulfonamides is 1. The molecule has 1 aromatic rings. The van der Waals surface area contributed by atoms with E-state index in [2.05, 4.69) is 0 Å². The number of benzene rings is 1. The van der Waals surface area contributed by atoms with Crippen LogP contribution in [0.1, 0.15) is 13.3 Å². The van der Waals surface area contributed by atoms with E-state index in [4.69, 9.17) is 0 Å². The zero-order valence-electron chi connectivity index (χ0n) is 7.85. The molecule has 77 valence electrons.